The average Bonchev–Trinajstić information content (AvgIpc) is 3.05. The lowest BCUT2D eigenvalue weighted by molar-refractivity contribution is -0.123. The summed E-state index contributed by atoms with van der Waals surface area (Å²) in [5.74, 6) is 0.491. The second kappa shape index (κ2) is 4.99. The molecule has 0 bridgehead atoms. The molecule has 1 amide bonds. The summed E-state index contributed by atoms with van der Waals surface area (Å²) in [7, 11) is 0. The first-order valence-electron chi connectivity index (χ1n) is 7.74. The normalized spacial score (nSPS) is 31.0. The van der Waals surface area contributed by atoms with Gasteiger partial charge in [0.05, 0.1) is 5.69 Å². The fraction of sp³-hybridized carbons (Fsp3) is 0.562. The Morgan fingerprint density at radius 1 is 1.24 bits per heavy atom. The van der Waals surface area contributed by atoms with Gasteiger partial charge in [-0.1, -0.05) is 6.42 Å². The number of fused-ring (bicyclic) bond motifs is 2. The zero-order valence-corrected chi connectivity index (χ0v) is 13.4. The minimum absolute atomic E-state index is 0.327. The van der Waals surface area contributed by atoms with E-state index in [1.807, 2.05) is 12.1 Å². The van der Waals surface area contributed by atoms with Gasteiger partial charge in [0.2, 0.25) is 0 Å². The molecule has 21 heavy (non-hydrogen) atoms. The molecule has 2 aliphatic heterocycles. The highest BCUT2D eigenvalue weighted by Crippen LogP contribution is 2.44. The molecule has 1 saturated carbocycles. The summed E-state index contributed by atoms with van der Waals surface area (Å²) < 4.78 is 0.976. The number of piperidine rings is 1. The van der Waals surface area contributed by atoms with E-state index in [4.69, 9.17) is 0 Å². The maximum absolute atomic E-state index is 11.6. The average molecular weight is 351 g/mol. The van der Waals surface area contributed by atoms with Crippen LogP contribution in [-0.4, -0.2) is 23.6 Å². The van der Waals surface area contributed by atoms with Crippen LogP contribution < -0.4 is 10.2 Å². The van der Waals surface area contributed by atoms with Gasteiger partial charge in [0.1, 0.15) is 0 Å². The van der Waals surface area contributed by atoms with Crippen molar-refractivity contribution >= 4 is 33.2 Å². The summed E-state index contributed by atoms with van der Waals surface area (Å²) in [6, 6.07) is 4.55. The molecule has 1 aromatic carbocycles. The number of amides is 1. The highest BCUT2D eigenvalue weighted by atomic mass is 79.9. The number of hydrogen-bond acceptors (Lipinski definition) is 3. The number of halogens is 1. The van der Waals surface area contributed by atoms with Crippen molar-refractivity contribution < 1.29 is 9.90 Å². The van der Waals surface area contributed by atoms with E-state index in [1.165, 1.54) is 32.1 Å². The molecule has 0 radical (unpaired) electrons. The number of rotatable bonds is 1. The van der Waals surface area contributed by atoms with Crippen LogP contribution in [0, 0.1) is 5.92 Å². The second-order valence-corrected chi connectivity index (χ2v) is 7.23. The fourth-order valence-corrected chi connectivity index (χ4v) is 4.82. The standard InChI is InChI=1S/C16H19BrN2O2/c17-11-7-10-12(18-16(21)15(10)20)8-14(11)19-6-2-4-9-3-1-5-13(9)19/h7-9,13,15,20H,1-6H2,(H,18,21). The first-order valence-corrected chi connectivity index (χ1v) is 8.53. The van der Waals surface area contributed by atoms with Gasteiger partial charge in [0.25, 0.3) is 5.91 Å². The van der Waals surface area contributed by atoms with Crippen molar-refractivity contribution in [1.82, 2.24) is 0 Å². The van der Waals surface area contributed by atoms with E-state index in [2.05, 4.69) is 26.1 Å². The third-order valence-corrected chi connectivity index (χ3v) is 5.86. The van der Waals surface area contributed by atoms with Gasteiger partial charge in [0.15, 0.2) is 6.10 Å². The summed E-state index contributed by atoms with van der Waals surface area (Å²) in [4.78, 5) is 14.1. The van der Waals surface area contributed by atoms with Crippen molar-refractivity contribution in [2.45, 2.75) is 44.2 Å². The Kier molecular flexibility index (Phi) is 3.23. The van der Waals surface area contributed by atoms with Gasteiger partial charge in [0, 0.05) is 28.3 Å². The molecule has 2 fully saturated rings. The van der Waals surface area contributed by atoms with Gasteiger partial charge in [-0.15, -0.1) is 0 Å². The molecule has 112 valence electrons. The molecule has 3 unspecified atom stereocenters. The summed E-state index contributed by atoms with van der Waals surface area (Å²) in [6.07, 6.45) is 5.48. The van der Waals surface area contributed by atoms with Crippen molar-refractivity contribution in [3.05, 3.63) is 22.2 Å². The number of carbonyl (C=O) groups excluding carboxylic acids is 1. The molecule has 3 atom stereocenters. The van der Waals surface area contributed by atoms with Crippen LogP contribution in [0.15, 0.2) is 16.6 Å². The number of aliphatic hydroxyl groups excluding tert-OH is 1. The van der Waals surface area contributed by atoms with Gasteiger partial charge >= 0.3 is 0 Å². The maximum atomic E-state index is 11.6. The largest absolute Gasteiger partial charge is 0.378 e. The third-order valence-electron chi connectivity index (χ3n) is 5.22. The Labute approximate surface area is 132 Å². The van der Waals surface area contributed by atoms with Crippen LogP contribution in [0.4, 0.5) is 11.4 Å². The smallest absolute Gasteiger partial charge is 0.257 e. The predicted octanol–water partition coefficient (Wildman–Crippen LogP) is 3.20. The SMILES string of the molecule is O=C1Nc2cc(N3CCCC4CCCC43)c(Br)cc2C1O. The maximum Gasteiger partial charge on any atom is 0.257 e. The molecule has 5 heteroatoms. The molecule has 0 aromatic heterocycles. The summed E-state index contributed by atoms with van der Waals surface area (Å²) in [6.45, 7) is 1.08. The van der Waals surface area contributed by atoms with E-state index >= 15 is 0 Å². The third kappa shape index (κ3) is 2.09. The Balaban J connectivity index is 1.72. The number of benzene rings is 1. The van der Waals surface area contributed by atoms with E-state index in [0.29, 0.717) is 11.6 Å². The molecular formula is C16H19BrN2O2. The molecular weight excluding hydrogens is 332 g/mol. The van der Waals surface area contributed by atoms with Crippen molar-refractivity contribution in [2.24, 2.45) is 5.92 Å². The van der Waals surface area contributed by atoms with Gasteiger partial charge in [-0.2, -0.15) is 0 Å². The Hall–Kier alpha value is -1.07. The molecule has 1 aromatic rings. The van der Waals surface area contributed by atoms with Crippen LogP contribution in [0.2, 0.25) is 0 Å². The molecule has 4 rings (SSSR count). The zero-order valence-electron chi connectivity index (χ0n) is 11.8. The molecule has 1 aliphatic carbocycles. The first kappa shape index (κ1) is 13.6. The Bertz CT molecular complexity index is 604. The number of carbonyl (C=O) groups is 1. The van der Waals surface area contributed by atoms with Crippen molar-refractivity contribution in [3.8, 4) is 0 Å². The van der Waals surface area contributed by atoms with Gasteiger partial charge in [-0.3, -0.25) is 4.79 Å². The fourth-order valence-electron chi connectivity index (χ4n) is 4.23. The van der Waals surface area contributed by atoms with E-state index in [9.17, 15) is 9.90 Å². The minimum Gasteiger partial charge on any atom is -0.378 e. The lowest BCUT2D eigenvalue weighted by atomic mass is 9.91. The molecule has 4 nitrogen and oxygen atoms in total. The number of aliphatic hydroxyl groups is 1. The second-order valence-electron chi connectivity index (χ2n) is 6.38. The Morgan fingerprint density at radius 2 is 2.05 bits per heavy atom. The minimum atomic E-state index is -1.04. The first-order chi connectivity index (χ1) is 10.1. The summed E-state index contributed by atoms with van der Waals surface area (Å²) in [5, 5.41) is 12.7. The van der Waals surface area contributed by atoms with Crippen molar-refractivity contribution in [1.29, 1.82) is 0 Å². The molecule has 1 saturated heterocycles. The van der Waals surface area contributed by atoms with Crippen LogP contribution in [-0.2, 0) is 4.79 Å². The molecule has 2 heterocycles. The van der Waals surface area contributed by atoms with Crippen molar-refractivity contribution in [3.63, 3.8) is 0 Å². The quantitative estimate of drug-likeness (QED) is 0.817. The molecule has 0 spiro atoms. The van der Waals surface area contributed by atoms with E-state index in [-0.39, 0.29) is 5.91 Å². The Morgan fingerprint density at radius 3 is 2.90 bits per heavy atom. The van der Waals surface area contributed by atoms with Crippen LogP contribution >= 0.6 is 15.9 Å². The summed E-state index contributed by atoms with van der Waals surface area (Å²) >= 11 is 3.64. The highest BCUT2D eigenvalue weighted by Gasteiger charge is 2.37. The van der Waals surface area contributed by atoms with Gasteiger partial charge < -0.3 is 15.3 Å². The van der Waals surface area contributed by atoms with Crippen molar-refractivity contribution in [2.75, 3.05) is 16.8 Å². The number of hydrogen-bond donors (Lipinski definition) is 2. The molecule has 3 aliphatic rings. The summed E-state index contributed by atoms with van der Waals surface area (Å²) in [5.41, 5.74) is 2.58. The predicted molar refractivity (Wildman–Crippen MR) is 85.4 cm³/mol. The zero-order chi connectivity index (χ0) is 14.6. The number of anilines is 2. The lowest BCUT2D eigenvalue weighted by Gasteiger charge is -2.40. The van der Waals surface area contributed by atoms with Crippen LogP contribution in [0.1, 0.15) is 43.8 Å². The topological polar surface area (TPSA) is 52.6 Å². The van der Waals surface area contributed by atoms with E-state index in [0.717, 1.165) is 28.3 Å². The van der Waals surface area contributed by atoms with Crippen LogP contribution in [0.25, 0.3) is 0 Å². The number of nitrogens with zero attached hydrogens (tertiary/aromatic N) is 1. The highest BCUT2D eigenvalue weighted by molar-refractivity contribution is 9.10. The van der Waals surface area contributed by atoms with E-state index in [1.54, 1.807) is 0 Å². The van der Waals surface area contributed by atoms with Gasteiger partial charge in [-0.25, -0.2) is 0 Å². The molecule has 2 N–H and O–H groups in total. The number of nitrogens with one attached hydrogen (secondary N) is 1. The van der Waals surface area contributed by atoms with E-state index < -0.39 is 6.10 Å². The lowest BCUT2D eigenvalue weighted by Crippen LogP contribution is -2.42. The monoisotopic (exact) mass is 350 g/mol. The van der Waals surface area contributed by atoms with Crippen LogP contribution in [0.5, 0.6) is 0 Å². The van der Waals surface area contributed by atoms with Crippen LogP contribution in [0.3, 0.4) is 0 Å². The van der Waals surface area contributed by atoms with Gasteiger partial charge in [-0.05, 0) is 59.7 Å².